The molecule has 1 saturated heterocycles. The molecule has 0 bridgehead atoms. The molecule has 7 nitrogen and oxygen atoms in total. The summed E-state index contributed by atoms with van der Waals surface area (Å²) in [6.45, 7) is 6.26. The number of carbonyl (C=O) groups excluding carboxylic acids is 2. The lowest BCUT2D eigenvalue weighted by Crippen LogP contribution is -2.52. The van der Waals surface area contributed by atoms with Crippen LogP contribution in [0.25, 0.3) is 0 Å². The van der Waals surface area contributed by atoms with Gasteiger partial charge in [-0.2, -0.15) is 0 Å². The molecule has 26 heavy (non-hydrogen) atoms. The number of carbonyl (C=O) groups is 2. The maximum Gasteiger partial charge on any atom is 0.236 e. The van der Waals surface area contributed by atoms with E-state index in [4.69, 9.17) is 4.74 Å². The fourth-order valence-corrected chi connectivity index (χ4v) is 3.83. The van der Waals surface area contributed by atoms with Gasteiger partial charge in [0.2, 0.25) is 11.8 Å². The highest BCUT2D eigenvalue weighted by atomic mass is 16.5. The summed E-state index contributed by atoms with van der Waals surface area (Å²) in [7, 11) is 3.57. The Morgan fingerprint density at radius 2 is 1.65 bits per heavy atom. The summed E-state index contributed by atoms with van der Waals surface area (Å²) < 4.78 is 4.93. The second-order valence-electron chi connectivity index (χ2n) is 7.67. The van der Waals surface area contributed by atoms with Gasteiger partial charge in [0.25, 0.3) is 0 Å². The Morgan fingerprint density at radius 3 is 2.27 bits per heavy atom. The fourth-order valence-electron chi connectivity index (χ4n) is 3.83. The SMILES string of the molecule is COCCNC(=O)CN1CCN(CC(=O)N(C)CC2CCCCC2)CC1. The molecule has 0 unspecified atom stereocenters. The second-order valence-corrected chi connectivity index (χ2v) is 7.67. The van der Waals surface area contributed by atoms with Crippen LogP contribution in [0.2, 0.25) is 0 Å². The van der Waals surface area contributed by atoms with Gasteiger partial charge in [-0.25, -0.2) is 0 Å². The van der Waals surface area contributed by atoms with Crippen molar-refractivity contribution >= 4 is 11.8 Å². The number of hydrogen-bond donors (Lipinski definition) is 1. The number of piperazine rings is 1. The molecule has 0 aromatic heterocycles. The second kappa shape index (κ2) is 11.5. The van der Waals surface area contributed by atoms with E-state index in [0.29, 0.717) is 32.2 Å². The molecule has 0 aromatic rings. The van der Waals surface area contributed by atoms with Gasteiger partial charge in [-0.05, 0) is 18.8 Å². The van der Waals surface area contributed by atoms with E-state index in [2.05, 4.69) is 15.1 Å². The number of nitrogens with zero attached hydrogens (tertiary/aromatic N) is 3. The Bertz CT molecular complexity index is 433. The minimum Gasteiger partial charge on any atom is -0.383 e. The van der Waals surface area contributed by atoms with Crippen molar-refractivity contribution in [1.29, 1.82) is 0 Å². The minimum absolute atomic E-state index is 0.0405. The first-order valence-electron chi connectivity index (χ1n) is 10.0. The zero-order valence-electron chi connectivity index (χ0n) is 16.5. The summed E-state index contributed by atoms with van der Waals surface area (Å²) in [6.07, 6.45) is 6.51. The average molecular weight is 369 g/mol. The number of hydrogen-bond acceptors (Lipinski definition) is 5. The summed E-state index contributed by atoms with van der Waals surface area (Å²) in [6, 6.07) is 0. The van der Waals surface area contributed by atoms with E-state index < -0.39 is 0 Å². The van der Waals surface area contributed by atoms with Crippen LogP contribution in [0.5, 0.6) is 0 Å². The normalized spacial score (nSPS) is 20.1. The molecular formula is C19H36N4O3. The van der Waals surface area contributed by atoms with Crippen LogP contribution in [0.1, 0.15) is 32.1 Å². The van der Waals surface area contributed by atoms with Crippen molar-refractivity contribution in [1.82, 2.24) is 20.0 Å². The van der Waals surface area contributed by atoms with E-state index in [1.807, 2.05) is 11.9 Å². The molecule has 7 heteroatoms. The monoisotopic (exact) mass is 368 g/mol. The molecule has 2 amide bonds. The van der Waals surface area contributed by atoms with E-state index in [1.54, 1.807) is 7.11 Å². The largest absolute Gasteiger partial charge is 0.383 e. The molecule has 150 valence electrons. The van der Waals surface area contributed by atoms with E-state index in [0.717, 1.165) is 32.7 Å². The van der Waals surface area contributed by atoms with Crippen molar-refractivity contribution in [3.63, 3.8) is 0 Å². The average Bonchev–Trinajstić information content (AvgIpc) is 2.64. The zero-order valence-corrected chi connectivity index (χ0v) is 16.5. The Kier molecular flexibility index (Phi) is 9.36. The highest BCUT2D eigenvalue weighted by Crippen LogP contribution is 2.24. The van der Waals surface area contributed by atoms with Crippen LogP contribution in [-0.2, 0) is 14.3 Å². The van der Waals surface area contributed by atoms with Gasteiger partial charge in [0.1, 0.15) is 0 Å². The van der Waals surface area contributed by atoms with Gasteiger partial charge in [-0.3, -0.25) is 19.4 Å². The molecule has 1 aliphatic carbocycles. The Hall–Kier alpha value is -1.18. The Morgan fingerprint density at radius 1 is 1.04 bits per heavy atom. The highest BCUT2D eigenvalue weighted by molar-refractivity contribution is 5.78. The summed E-state index contributed by atoms with van der Waals surface area (Å²) >= 11 is 0. The predicted molar refractivity (Wildman–Crippen MR) is 102 cm³/mol. The number of likely N-dealkylation sites (N-methyl/N-ethyl adjacent to an activating group) is 1. The van der Waals surface area contributed by atoms with Gasteiger partial charge in [0.05, 0.1) is 19.7 Å². The number of rotatable bonds is 9. The lowest BCUT2D eigenvalue weighted by molar-refractivity contribution is -0.132. The number of amides is 2. The quantitative estimate of drug-likeness (QED) is 0.597. The predicted octanol–water partition coefficient (Wildman–Crippen LogP) is 0.405. The van der Waals surface area contributed by atoms with Crippen molar-refractivity contribution in [2.24, 2.45) is 5.92 Å². The van der Waals surface area contributed by atoms with E-state index >= 15 is 0 Å². The van der Waals surface area contributed by atoms with Crippen molar-refractivity contribution in [3.05, 3.63) is 0 Å². The van der Waals surface area contributed by atoms with Crippen molar-refractivity contribution < 1.29 is 14.3 Å². The van der Waals surface area contributed by atoms with E-state index in [1.165, 1.54) is 32.1 Å². The maximum absolute atomic E-state index is 12.5. The first kappa shape index (κ1) is 21.1. The lowest BCUT2D eigenvalue weighted by atomic mass is 9.89. The van der Waals surface area contributed by atoms with Gasteiger partial charge in [0.15, 0.2) is 0 Å². The third kappa shape index (κ3) is 7.60. The van der Waals surface area contributed by atoms with Crippen LogP contribution in [-0.4, -0.2) is 99.6 Å². The molecular weight excluding hydrogens is 332 g/mol. The van der Waals surface area contributed by atoms with Crippen LogP contribution in [0.4, 0.5) is 0 Å². The molecule has 2 rings (SSSR count). The van der Waals surface area contributed by atoms with Gasteiger partial charge in [-0.15, -0.1) is 0 Å². The number of nitrogens with one attached hydrogen (secondary N) is 1. The molecule has 1 aliphatic heterocycles. The summed E-state index contributed by atoms with van der Waals surface area (Å²) in [5.74, 6) is 0.950. The van der Waals surface area contributed by atoms with Gasteiger partial charge >= 0.3 is 0 Å². The number of methoxy groups -OCH3 is 1. The first-order valence-corrected chi connectivity index (χ1v) is 10.0. The summed E-state index contributed by atoms with van der Waals surface area (Å²) in [5.41, 5.74) is 0. The van der Waals surface area contributed by atoms with Crippen LogP contribution in [0.15, 0.2) is 0 Å². The zero-order chi connectivity index (χ0) is 18.8. The maximum atomic E-state index is 12.5. The Balaban J connectivity index is 1.61. The van der Waals surface area contributed by atoms with Crippen LogP contribution in [0.3, 0.4) is 0 Å². The van der Waals surface area contributed by atoms with Crippen molar-refractivity contribution in [3.8, 4) is 0 Å². The van der Waals surface area contributed by atoms with E-state index in [-0.39, 0.29) is 11.8 Å². The minimum atomic E-state index is 0.0405. The van der Waals surface area contributed by atoms with Crippen molar-refractivity contribution in [2.45, 2.75) is 32.1 Å². The van der Waals surface area contributed by atoms with Crippen molar-refractivity contribution in [2.75, 3.05) is 73.1 Å². The summed E-state index contributed by atoms with van der Waals surface area (Å²) in [5, 5.41) is 2.85. The van der Waals surface area contributed by atoms with Gasteiger partial charge < -0.3 is 15.0 Å². The topological polar surface area (TPSA) is 65.1 Å². The summed E-state index contributed by atoms with van der Waals surface area (Å²) in [4.78, 5) is 30.6. The highest BCUT2D eigenvalue weighted by Gasteiger charge is 2.23. The smallest absolute Gasteiger partial charge is 0.236 e. The van der Waals surface area contributed by atoms with Gasteiger partial charge in [0, 0.05) is 53.4 Å². The van der Waals surface area contributed by atoms with E-state index in [9.17, 15) is 9.59 Å². The molecule has 1 N–H and O–H groups in total. The van der Waals surface area contributed by atoms with Crippen LogP contribution < -0.4 is 5.32 Å². The Labute approximate surface area is 158 Å². The molecule has 2 fully saturated rings. The standard InChI is InChI=1S/C19H36N4O3/c1-21(14-17-6-4-3-5-7-17)19(25)16-23-11-9-22(10-12-23)15-18(24)20-8-13-26-2/h17H,3-16H2,1-2H3,(H,20,24). The number of ether oxygens (including phenoxy) is 1. The first-order chi connectivity index (χ1) is 12.6. The third-order valence-corrected chi connectivity index (χ3v) is 5.50. The molecule has 0 aromatic carbocycles. The van der Waals surface area contributed by atoms with Crippen LogP contribution in [0, 0.1) is 5.92 Å². The molecule has 0 spiro atoms. The molecule has 1 heterocycles. The molecule has 0 atom stereocenters. The fraction of sp³-hybridized carbons (Fsp3) is 0.895. The molecule has 0 radical (unpaired) electrons. The lowest BCUT2D eigenvalue weighted by Gasteiger charge is -2.35. The van der Waals surface area contributed by atoms with Gasteiger partial charge in [-0.1, -0.05) is 19.3 Å². The third-order valence-electron chi connectivity index (χ3n) is 5.50. The molecule has 1 saturated carbocycles. The molecule has 2 aliphatic rings. The van der Waals surface area contributed by atoms with Crippen LogP contribution >= 0.6 is 0 Å².